The van der Waals surface area contributed by atoms with Gasteiger partial charge in [0, 0.05) is 34.7 Å². The molecule has 1 aromatic rings. The Morgan fingerprint density at radius 2 is 1.38 bits per heavy atom. The molecule has 1 amide bonds. The molecule has 0 aromatic heterocycles. The number of aliphatic hydroxyl groups excluding tert-OH is 4. The first-order chi connectivity index (χ1) is 13.5. The molecule has 1 aromatic carbocycles. The van der Waals surface area contributed by atoms with E-state index < -0.39 is 31.3 Å². The number of ketones is 2. The minimum Gasteiger partial charge on any atom is -0.394 e. The molecule has 0 spiro atoms. The smallest absolute Gasteiger partial charge is 0.250 e. The highest BCUT2D eigenvalue weighted by atomic mass is 127. The topological polar surface area (TPSA) is 144 Å². The lowest BCUT2D eigenvalue weighted by Crippen LogP contribution is -2.22. The number of carbonyl (C=O) groups is 3. The lowest BCUT2D eigenvalue weighted by molar-refractivity contribution is -0.118. The molecule has 0 aliphatic heterocycles. The molecule has 0 saturated heterocycles. The van der Waals surface area contributed by atoms with E-state index in [2.05, 4.69) is 5.32 Å². The zero-order valence-electron chi connectivity index (χ0n) is 15.5. The van der Waals surface area contributed by atoms with Crippen molar-refractivity contribution < 1.29 is 34.8 Å². The number of Topliss-reactive ketones (excluding diaryl/α,β-unsaturated/α-hetero) is 2. The first-order valence-corrected chi connectivity index (χ1v) is 11.9. The Balaban J connectivity index is 3.51. The summed E-state index contributed by atoms with van der Waals surface area (Å²) in [6.07, 6.45) is -1.37. The minimum atomic E-state index is -1.03. The standard InChI is InChI=1S/C18H22I3NO7/c1-8(25)2-4-10(27)13-15(19)14(11(28)5-3-9(26)6-23)17(21)18(16(13)20)22-12(29)7-24/h8-9,23-26H,2-7H2,1H3,(H,22,29). The molecule has 1 rings (SSSR count). The molecule has 2 atom stereocenters. The molecule has 5 N–H and O–H groups in total. The van der Waals surface area contributed by atoms with Crippen LogP contribution in [0.4, 0.5) is 5.69 Å². The predicted molar refractivity (Wildman–Crippen MR) is 132 cm³/mol. The van der Waals surface area contributed by atoms with E-state index >= 15 is 0 Å². The maximum atomic E-state index is 12.8. The van der Waals surface area contributed by atoms with Crippen LogP contribution in [0.15, 0.2) is 0 Å². The van der Waals surface area contributed by atoms with Gasteiger partial charge in [0.05, 0.1) is 24.5 Å². The number of amides is 1. The van der Waals surface area contributed by atoms with Gasteiger partial charge in [-0.2, -0.15) is 0 Å². The van der Waals surface area contributed by atoms with Gasteiger partial charge in [-0.05, 0) is 87.5 Å². The fraction of sp³-hybridized carbons (Fsp3) is 0.500. The highest BCUT2D eigenvalue weighted by molar-refractivity contribution is 14.1. The third-order valence-electron chi connectivity index (χ3n) is 3.99. The number of carbonyl (C=O) groups excluding carboxylic acids is 3. The van der Waals surface area contributed by atoms with E-state index in [1.165, 1.54) is 0 Å². The summed E-state index contributed by atoms with van der Waals surface area (Å²) in [6, 6.07) is 0. The van der Waals surface area contributed by atoms with Crippen LogP contribution < -0.4 is 5.32 Å². The summed E-state index contributed by atoms with van der Waals surface area (Å²) < 4.78 is 1.30. The van der Waals surface area contributed by atoms with Crippen molar-refractivity contribution in [1.29, 1.82) is 0 Å². The summed E-state index contributed by atoms with van der Waals surface area (Å²) in [5, 5.41) is 39.6. The predicted octanol–water partition coefficient (Wildman–Crippen LogP) is 2.09. The molecule has 0 fully saturated rings. The van der Waals surface area contributed by atoms with Crippen LogP contribution in [0.1, 0.15) is 53.3 Å². The van der Waals surface area contributed by atoms with Gasteiger partial charge in [0.2, 0.25) is 5.91 Å². The lowest BCUT2D eigenvalue weighted by atomic mass is 9.97. The highest BCUT2D eigenvalue weighted by Crippen LogP contribution is 2.37. The Morgan fingerprint density at radius 1 is 0.897 bits per heavy atom. The number of rotatable bonds is 11. The molecule has 0 aliphatic rings. The zero-order chi connectivity index (χ0) is 22.3. The molecule has 0 bridgehead atoms. The van der Waals surface area contributed by atoms with Crippen LogP contribution in [0.2, 0.25) is 0 Å². The number of nitrogens with one attached hydrogen (secondary N) is 1. The van der Waals surface area contributed by atoms with Crippen LogP contribution in [-0.2, 0) is 4.79 Å². The highest BCUT2D eigenvalue weighted by Gasteiger charge is 2.28. The number of benzene rings is 1. The number of hydrogen-bond donors (Lipinski definition) is 5. The Kier molecular flexibility index (Phi) is 12.0. The molecular formula is C18H22I3NO7. The van der Waals surface area contributed by atoms with E-state index in [-0.39, 0.29) is 54.1 Å². The summed E-state index contributed by atoms with van der Waals surface area (Å²) in [6.45, 7) is 0.357. The van der Waals surface area contributed by atoms with Gasteiger partial charge < -0.3 is 25.7 Å². The molecular weight excluding hydrogens is 723 g/mol. The Hall–Kier alpha value is 0.0600. The van der Waals surface area contributed by atoms with Crippen molar-refractivity contribution in [3.05, 3.63) is 21.8 Å². The summed E-state index contributed by atoms with van der Waals surface area (Å²) in [5.74, 6) is -1.30. The minimum absolute atomic E-state index is 0.0526. The van der Waals surface area contributed by atoms with Crippen LogP contribution >= 0.6 is 67.8 Å². The molecule has 0 saturated carbocycles. The molecule has 0 heterocycles. The van der Waals surface area contributed by atoms with Crippen molar-refractivity contribution in [2.75, 3.05) is 18.5 Å². The first kappa shape index (κ1) is 27.1. The second kappa shape index (κ2) is 12.8. The Labute approximate surface area is 209 Å². The molecule has 29 heavy (non-hydrogen) atoms. The van der Waals surface area contributed by atoms with Gasteiger partial charge in [-0.15, -0.1) is 0 Å². The van der Waals surface area contributed by atoms with E-state index in [1.807, 2.05) is 67.8 Å². The van der Waals surface area contributed by atoms with Crippen molar-refractivity contribution in [3.63, 3.8) is 0 Å². The molecule has 2 unspecified atom stereocenters. The lowest BCUT2D eigenvalue weighted by Gasteiger charge is -2.19. The number of anilines is 1. The third kappa shape index (κ3) is 7.60. The van der Waals surface area contributed by atoms with E-state index in [1.54, 1.807) is 6.92 Å². The summed E-state index contributed by atoms with van der Waals surface area (Å²) >= 11 is 5.74. The second-order valence-corrected chi connectivity index (χ2v) is 9.62. The molecule has 0 aliphatic carbocycles. The molecule has 0 radical (unpaired) electrons. The quantitative estimate of drug-likeness (QED) is 0.173. The van der Waals surface area contributed by atoms with Gasteiger partial charge in [0.25, 0.3) is 0 Å². The zero-order valence-corrected chi connectivity index (χ0v) is 22.0. The molecule has 11 heteroatoms. The maximum absolute atomic E-state index is 12.8. The van der Waals surface area contributed by atoms with E-state index in [4.69, 9.17) is 10.2 Å². The van der Waals surface area contributed by atoms with Crippen molar-refractivity contribution in [1.82, 2.24) is 0 Å². The van der Waals surface area contributed by atoms with Crippen molar-refractivity contribution in [2.45, 2.75) is 44.8 Å². The number of halogens is 3. The van der Waals surface area contributed by atoms with Crippen LogP contribution in [0.25, 0.3) is 0 Å². The monoisotopic (exact) mass is 745 g/mol. The normalized spacial score (nSPS) is 13.1. The van der Waals surface area contributed by atoms with Gasteiger partial charge in [0.15, 0.2) is 11.6 Å². The van der Waals surface area contributed by atoms with Crippen molar-refractivity contribution >= 4 is 90.9 Å². The van der Waals surface area contributed by atoms with E-state index in [0.717, 1.165) is 0 Å². The van der Waals surface area contributed by atoms with Crippen LogP contribution in [0.3, 0.4) is 0 Å². The van der Waals surface area contributed by atoms with Crippen LogP contribution in [-0.4, -0.2) is 63.3 Å². The summed E-state index contributed by atoms with van der Waals surface area (Å²) in [4.78, 5) is 37.4. The number of aliphatic hydroxyl groups is 4. The van der Waals surface area contributed by atoms with Crippen LogP contribution in [0.5, 0.6) is 0 Å². The fourth-order valence-corrected chi connectivity index (χ4v) is 7.06. The van der Waals surface area contributed by atoms with Gasteiger partial charge in [-0.25, -0.2) is 0 Å². The van der Waals surface area contributed by atoms with Crippen LogP contribution in [0, 0.1) is 10.7 Å². The molecule has 8 nitrogen and oxygen atoms in total. The largest absolute Gasteiger partial charge is 0.394 e. The summed E-state index contributed by atoms with van der Waals surface area (Å²) in [7, 11) is 0. The van der Waals surface area contributed by atoms with Gasteiger partial charge in [-0.1, -0.05) is 0 Å². The fourth-order valence-electron chi connectivity index (χ4n) is 2.42. The average Bonchev–Trinajstić information content (AvgIpc) is 2.67. The van der Waals surface area contributed by atoms with Crippen molar-refractivity contribution in [2.24, 2.45) is 0 Å². The SMILES string of the molecule is CC(O)CCC(=O)c1c(I)c(NC(=O)CO)c(I)c(C(=O)CCC(O)CO)c1I. The van der Waals surface area contributed by atoms with Gasteiger partial charge in [-0.3, -0.25) is 14.4 Å². The average molecular weight is 745 g/mol. The summed E-state index contributed by atoms with van der Waals surface area (Å²) in [5.41, 5.74) is 0.772. The van der Waals surface area contributed by atoms with E-state index in [0.29, 0.717) is 10.7 Å². The van der Waals surface area contributed by atoms with E-state index in [9.17, 15) is 24.6 Å². The maximum Gasteiger partial charge on any atom is 0.250 e. The third-order valence-corrected chi connectivity index (χ3v) is 7.22. The van der Waals surface area contributed by atoms with Gasteiger partial charge in [0.1, 0.15) is 6.61 Å². The second-order valence-electron chi connectivity index (χ2n) is 6.38. The van der Waals surface area contributed by atoms with Gasteiger partial charge >= 0.3 is 0 Å². The molecule has 162 valence electrons. The Morgan fingerprint density at radius 3 is 1.79 bits per heavy atom. The Bertz CT molecular complexity index is 783. The number of hydrogen-bond acceptors (Lipinski definition) is 7. The van der Waals surface area contributed by atoms with Crippen molar-refractivity contribution in [3.8, 4) is 0 Å². The first-order valence-electron chi connectivity index (χ1n) is 8.69.